The van der Waals surface area contributed by atoms with Crippen molar-refractivity contribution in [2.24, 2.45) is 5.73 Å². The summed E-state index contributed by atoms with van der Waals surface area (Å²) in [4.78, 5) is 75.3. The lowest BCUT2D eigenvalue weighted by atomic mass is 10.2. The third-order valence-electron chi connectivity index (χ3n) is 11.7. The number of aromatic nitrogens is 4. The minimum Gasteiger partial charge on any atom is -0.478 e. The molecule has 19 nitrogen and oxygen atoms in total. The van der Waals surface area contributed by atoms with Gasteiger partial charge >= 0.3 is 17.9 Å². The number of nitrogens with one attached hydrogen (secondary N) is 3. The number of rotatable bonds is 14. The maximum atomic E-state index is 11.6. The van der Waals surface area contributed by atoms with Gasteiger partial charge in [0.15, 0.2) is 0 Å². The molecule has 0 radical (unpaired) electrons. The van der Waals surface area contributed by atoms with Gasteiger partial charge in [0.1, 0.15) is 31.7 Å². The summed E-state index contributed by atoms with van der Waals surface area (Å²) in [6.07, 6.45) is 5.30. The van der Waals surface area contributed by atoms with E-state index in [1.54, 1.807) is 19.1 Å². The molecule has 5 heterocycles. The number of amides is 2. The number of hydrogen-bond acceptors (Lipinski definition) is 16. The molecule has 1 saturated heterocycles. The first kappa shape index (κ1) is 67.8. The lowest BCUT2D eigenvalue weighted by Gasteiger charge is -2.35. The Balaban J connectivity index is 0.000000226. The van der Waals surface area contributed by atoms with Crippen LogP contribution in [0.3, 0.4) is 0 Å². The number of pyridine rings is 4. The first-order valence-corrected chi connectivity index (χ1v) is 26.9. The number of nitrogen functional groups attached to an aromatic ring is 1. The number of carboxylic acid groups (broad SMARTS) is 1. The molecule has 2 amide bonds. The standard InChI is InChI=1S/C14H13ClN2O2.C13H12ClN3O.C13H11ClN2O2.C12H17N3O.C7H5Cl2NO2.CH4/c1-19-14(18)11-9-17-13(15)7-12(11)16-8-10-5-3-2-4-6-10;14-12-6-11(10(8-17-12)13(15)18)16-7-9-4-2-1-3-5-9;14-12-6-11(10(8-16-12)13(17)18)15-7-9-4-2-1-3-5-9;1-10(16)14-6-8-15(9-7-14)12-4-2-11(13)3-5-12;1-12-7(11)4-3-10-6(9)2-5(4)8;/h2-7,9H,8H2,1H3,(H,16,17);1-6,8H,7H2,(H2,15,18)(H,16,17);1-6,8H,7H2,(H,15,16)(H,17,18);2-5H,6-9,13H2,1H3;2-3H,1H3;1H4. The molecule has 0 atom stereocenters. The van der Waals surface area contributed by atoms with E-state index in [0.29, 0.717) is 58.1 Å². The number of aromatic carboxylic acids is 1. The maximum absolute atomic E-state index is 11.6. The molecular formula is C60H62Cl5N11O8. The summed E-state index contributed by atoms with van der Waals surface area (Å²) in [5.41, 5.74) is 18.8. The molecule has 0 bridgehead atoms. The molecule has 0 aliphatic carbocycles. The Kier molecular flexibility index (Phi) is 28.5. The van der Waals surface area contributed by atoms with Crippen LogP contribution in [-0.4, -0.2) is 100 Å². The van der Waals surface area contributed by atoms with Crippen LogP contribution in [0.15, 0.2) is 164 Å². The smallest absolute Gasteiger partial charge is 0.341 e. The van der Waals surface area contributed by atoms with E-state index in [1.807, 2.05) is 120 Å². The second-order valence-electron chi connectivity index (χ2n) is 17.4. The van der Waals surface area contributed by atoms with Crippen LogP contribution < -0.4 is 32.3 Å². The molecule has 4 aromatic carbocycles. The van der Waals surface area contributed by atoms with Gasteiger partial charge in [-0.3, -0.25) is 9.59 Å². The molecule has 0 saturated carbocycles. The number of nitrogens with two attached hydrogens (primary N) is 2. The van der Waals surface area contributed by atoms with Crippen LogP contribution in [0.1, 0.15) is 72.5 Å². The van der Waals surface area contributed by atoms with Crippen molar-refractivity contribution in [1.29, 1.82) is 0 Å². The summed E-state index contributed by atoms with van der Waals surface area (Å²) in [5, 5.41) is 19.7. The number of benzene rings is 4. The molecule has 0 unspecified atom stereocenters. The molecule has 84 heavy (non-hydrogen) atoms. The predicted octanol–water partition coefficient (Wildman–Crippen LogP) is 12.4. The summed E-state index contributed by atoms with van der Waals surface area (Å²) >= 11 is 28.6. The number of carboxylic acids is 1. The average molecular weight is 1240 g/mol. The molecule has 1 aliphatic heterocycles. The topological polar surface area (TPSA) is 270 Å². The van der Waals surface area contributed by atoms with Gasteiger partial charge in [-0.05, 0) is 65.2 Å². The quantitative estimate of drug-likeness (QED) is 0.0335. The van der Waals surface area contributed by atoms with E-state index in [0.717, 1.165) is 48.6 Å². The Bertz CT molecular complexity index is 3300. The van der Waals surface area contributed by atoms with Gasteiger partial charge in [-0.15, -0.1) is 0 Å². The van der Waals surface area contributed by atoms with Crippen LogP contribution in [0.2, 0.25) is 25.6 Å². The second-order valence-corrected chi connectivity index (χ2v) is 19.4. The van der Waals surface area contributed by atoms with Gasteiger partial charge in [0.2, 0.25) is 5.91 Å². The van der Waals surface area contributed by atoms with E-state index in [4.69, 9.17) is 79.3 Å². The number of nitrogens with zero attached hydrogens (tertiary/aromatic N) is 6. The average Bonchev–Trinajstić information content (AvgIpc) is 3.60. The number of methoxy groups -OCH3 is 2. The monoisotopic (exact) mass is 1240 g/mol. The van der Waals surface area contributed by atoms with E-state index in [2.05, 4.69) is 45.5 Å². The Morgan fingerprint density at radius 3 is 1.26 bits per heavy atom. The van der Waals surface area contributed by atoms with Crippen molar-refractivity contribution in [1.82, 2.24) is 24.8 Å². The van der Waals surface area contributed by atoms with Crippen molar-refractivity contribution in [3.8, 4) is 0 Å². The fourth-order valence-electron chi connectivity index (χ4n) is 7.38. The SMILES string of the molecule is C.CC(=O)N1CCN(c2ccc(N)cc2)CC1.COC(=O)c1cnc(Cl)cc1Cl.COC(=O)c1cnc(Cl)cc1NCc1ccccc1.NC(=O)c1cnc(Cl)cc1NCc1ccccc1.O=C(O)c1cnc(Cl)cc1NCc1ccccc1. The summed E-state index contributed by atoms with van der Waals surface area (Å²) < 4.78 is 9.16. The summed E-state index contributed by atoms with van der Waals surface area (Å²) in [5.74, 6) is -2.37. The highest BCUT2D eigenvalue weighted by Crippen LogP contribution is 2.24. The highest BCUT2D eigenvalue weighted by atomic mass is 35.5. The first-order chi connectivity index (χ1) is 39.8. The van der Waals surface area contributed by atoms with Gasteiger partial charge in [-0.1, -0.05) is 156 Å². The molecular weight excluding hydrogens is 1180 g/mol. The number of anilines is 5. The number of ether oxygens (including phenoxy) is 2. The molecule has 1 fully saturated rings. The van der Waals surface area contributed by atoms with Crippen molar-refractivity contribution < 1.29 is 38.6 Å². The highest BCUT2D eigenvalue weighted by Gasteiger charge is 2.19. The van der Waals surface area contributed by atoms with Gasteiger partial charge in [-0.2, -0.15) is 0 Å². The maximum Gasteiger partial charge on any atom is 0.341 e. The van der Waals surface area contributed by atoms with Crippen LogP contribution in [0.4, 0.5) is 28.4 Å². The van der Waals surface area contributed by atoms with Crippen LogP contribution in [0, 0.1) is 0 Å². The predicted molar refractivity (Wildman–Crippen MR) is 334 cm³/mol. The third-order valence-corrected chi connectivity index (χ3v) is 12.8. The molecule has 1 aliphatic rings. The largest absolute Gasteiger partial charge is 0.478 e. The van der Waals surface area contributed by atoms with Crippen LogP contribution in [-0.2, 0) is 33.9 Å². The van der Waals surface area contributed by atoms with Crippen molar-refractivity contribution in [3.63, 3.8) is 0 Å². The molecule has 9 rings (SSSR count). The second kappa shape index (κ2) is 35.3. The molecule has 4 aromatic heterocycles. The highest BCUT2D eigenvalue weighted by molar-refractivity contribution is 6.36. The number of esters is 2. The normalized spacial score (nSPS) is 11.0. The Hall–Kier alpha value is -8.72. The number of carbonyl (C=O) groups is 5. The van der Waals surface area contributed by atoms with Gasteiger partial charge in [-0.25, -0.2) is 34.3 Å². The molecule has 8 aromatic rings. The fraction of sp³-hybridized carbons (Fsp3) is 0.183. The fourth-order valence-corrected chi connectivity index (χ4v) is 8.30. The first-order valence-electron chi connectivity index (χ1n) is 25.0. The molecule has 0 spiro atoms. The number of halogens is 5. The van der Waals surface area contributed by atoms with Crippen LogP contribution >= 0.6 is 58.0 Å². The van der Waals surface area contributed by atoms with Crippen molar-refractivity contribution >= 4 is 116 Å². The number of primary amides is 1. The Morgan fingerprint density at radius 1 is 0.524 bits per heavy atom. The van der Waals surface area contributed by atoms with Gasteiger partial charge in [0.05, 0.1) is 47.4 Å². The third kappa shape index (κ3) is 22.6. The van der Waals surface area contributed by atoms with E-state index in [1.165, 1.54) is 56.8 Å². The molecule has 8 N–H and O–H groups in total. The van der Waals surface area contributed by atoms with Crippen molar-refractivity contribution in [2.75, 3.05) is 67.0 Å². The number of hydrogen-bond donors (Lipinski definition) is 6. The van der Waals surface area contributed by atoms with Crippen molar-refractivity contribution in [3.05, 3.63) is 229 Å². The zero-order valence-corrected chi connectivity index (χ0v) is 48.9. The minimum atomic E-state index is -1.03. The van der Waals surface area contributed by atoms with E-state index >= 15 is 0 Å². The van der Waals surface area contributed by atoms with Crippen LogP contribution in [0.5, 0.6) is 0 Å². The number of piperazine rings is 1. The zero-order chi connectivity index (χ0) is 60.3. The Labute approximate surface area is 512 Å². The summed E-state index contributed by atoms with van der Waals surface area (Å²) in [6, 6.07) is 43.3. The van der Waals surface area contributed by atoms with E-state index < -0.39 is 23.8 Å². The number of carbonyl (C=O) groups excluding carboxylic acids is 4. The van der Waals surface area contributed by atoms with Gasteiger partial charge < -0.3 is 51.8 Å². The van der Waals surface area contributed by atoms with Gasteiger partial charge in [0, 0.05) is 88.9 Å². The summed E-state index contributed by atoms with van der Waals surface area (Å²) in [7, 11) is 2.60. The van der Waals surface area contributed by atoms with Crippen LogP contribution in [0.25, 0.3) is 0 Å². The zero-order valence-electron chi connectivity index (χ0n) is 45.1. The molecule has 24 heteroatoms. The van der Waals surface area contributed by atoms with Gasteiger partial charge in [0.25, 0.3) is 5.91 Å². The van der Waals surface area contributed by atoms with E-state index in [9.17, 15) is 24.0 Å². The van der Waals surface area contributed by atoms with Crippen molar-refractivity contribution in [2.45, 2.75) is 34.0 Å². The summed E-state index contributed by atoms with van der Waals surface area (Å²) in [6.45, 7) is 6.72. The lowest BCUT2D eigenvalue weighted by Crippen LogP contribution is -2.48. The Morgan fingerprint density at radius 2 is 0.881 bits per heavy atom. The minimum absolute atomic E-state index is 0. The van der Waals surface area contributed by atoms with E-state index in [-0.39, 0.29) is 39.8 Å². The lowest BCUT2D eigenvalue weighted by molar-refractivity contribution is -0.129. The molecule has 440 valence electrons.